The van der Waals surface area contributed by atoms with Crippen LogP contribution in [0.1, 0.15) is 134 Å². The van der Waals surface area contributed by atoms with Crippen LogP contribution in [-0.2, 0) is 58.7 Å². The molecule has 0 aliphatic heterocycles. The second-order valence-electron chi connectivity index (χ2n) is 28.1. The number of aliphatic hydroxyl groups is 1. The van der Waals surface area contributed by atoms with E-state index in [-0.39, 0.29) is 35.8 Å². The third kappa shape index (κ3) is 44.7. The van der Waals surface area contributed by atoms with Crippen molar-refractivity contribution in [1.82, 2.24) is 48.9 Å². The number of benzene rings is 7. The Balaban J connectivity index is 0.000000329. The molecular weight excluding hydrogens is 2190 g/mol. The summed E-state index contributed by atoms with van der Waals surface area (Å²) in [6.07, 6.45) is 14.2. The van der Waals surface area contributed by atoms with Crippen LogP contribution < -0.4 is 56.8 Å². The van der Waals surface area contributed by atoms with Gasteiger partial charge in [-0.3, -0.25) is 20.2 Å². The second kappa shape index (κ2) is 68.0. The number of aliphatic hydroxyl groups excluding tert-OH is 1. The molecule has 0 fully saturated rings. The van der Waals surface area contributed by atoms with Crippen LogP contribution in [0.3, 0.4) is 0 Å². The fourth-order valence-corrected chi connectivity index (χ4v) is 13.5. The Morgan fingerprint density at radius 2 is 0.696 bits per heavy atom. The van der Waals surface area contributed by atoms with E-state index in [0.29, 0.717) is 79.7 Å². The molecule has 7 aromatic carbocycles. The molecule has 0 saturated heterocycles. The number of hydrogen-bond donors (Lipinski definition) is 7. The van der Waals surface area contributed by atoms with Crippen LogP contribution in [0.5, 0.6) is 28.7 Å². The summed E-state index contributed by atoms with van der Waals surface area (Å²) in [5.41, 5.74) is 32.6. The van der Waals surface area contributed by atoms with Crippen molar-refractivity contribution in [3.8, 4) is 28.7 Å². The standard InChI is InChI=1S/C24H26N4O.C15H14BrN3O.C14H14BrN3O3.C14H16BrN3O.C9H13NO.C9H13N.C6H15N.C5H2Br2N2O2.C2H6O.CH4.2ClH.Sn/c1-3-18-5-7-19(8-6-18)14-25-21-13-23-24(26-15-21)28(17-27-23)16-20-9-11-22(12-10-20)29-4-2;1-2-20-13-5-3-11(4-6-13)9-19-10-18-14-7-12(16)8-17-15(14)19;1-2-21-12-5-3-10(4-6-12)8-16-14-13(18(19)20)7-11(15)9-17-14;1-2-19-12-5-3-10(4-6-12)8-17-14-13(16)7-11(15)9-18-14;1-2-11-9-5-3-8(7-10)4-6-9;1-2-8-3-5-9(7-10)6-4-8;1-4-7(5-2)6-3;6-3-1-4(9(10)11)5(7)8-2-3;1-2-3;;;;/h5-13,15,17,25H,3-4,14,16H2,1-2H3;3-8,10H,2,9H2,1H3;3-7,9H,2,8H2,1H3,(H,16,17);3-7,9H,2,8,16H2,1H3,(H,17,18);3-6H,2,7,10H2,1H3;3-6H,2,7,10H2,1H3;4-6H2,1-3H3;1-2H;3H,2H2,1H3;1H4;2*1H;/q;;;;;;;;;;;;+2/p-2. The van der Waals surface area contributed by atoms with Gasteiger partial charge in [-0.05, 0) is 283 Å². The molecule has 0 unspecified atom stereocenters. The number of anilines is 4. The summed E-state index contributed by atoms with van der Waals surface area (Å²) in [6.45, 7) is 34.2. The number of aromatic nitrogens is 9. The van der Waals surface area contributed by atoms with Crippen molar-refractivity contribution in [2.75, 3.05) is 81.0 Å². The molecule has 14 aromatic rings. The van der Waals surface area contributed by atoms with Gasteiger partial charge in [0.2, 0.25) is 5.82 Å². The van der Waals surface area contributed by atoms with E-state index in [1.807, 2.05) is 167 Å². The third-order valence-corrected chi connectivity index (χ3v) is 21.1. The molecule has 2 radical (unpaired) electrons. The van der Waals surface area contributed by atoms with E-state index in [4.69, 9.17) is 63.8 Å². The first kappa shape index (κ1) is 117. The number of aryl methyl sites for hydroxylation is 2. The third-order valence-electron chi connectivity index (χ3n) is 18.7. The number of ether oxygens (including phenoxy) is 5. The van der Waals surface area contributed by atoms with Gasteiger partial charge in [-0.15, -0.1) is 0 Å². The molecule has 0 bridgehead atoms. The molecule has 0 spiro atoms. The predicted octanol–water partition coefficient (Wildman–Crippen LogP) is 24.6. The summed E-state index contributed by atoms with van der Waals surface area (Å²) < 4.78 is 34.3. The van der Waals surface area contributed by atoms with Crippen LogP contribution in [-0.4, -0.2) is 142 Å². The van der Waals surface area contributed by atoms with Crippen LogP contribution in [0, 0.1) is 20.2 Å². The normalized spacial score (nSPS) is 10.1. The maximum atomic E-state index is 11.0. The summed E-state index contributed by atoms with van der Waals surface area (Å²) in [5.74, 6) is 5.32. The van der Waals surface area contributed by atoms with E-state index in [9.17, 15) is 20.2 Å². The summed E-state index contributed by atoms with van der Waals surface area (Å²) in [6, 6.07) is 65.4. The molecule has 0 saturated carbocycles. The number of nitrogens with one attached hydrogen (secondary N) is 3. The van der Waals surface area contributed by atoms with E-state index in [2.05, 4.69) is 253 Å². The van der Waals surface area contributed by atoms with Gasteiger partial charge >= 0.3 is 48.1 Å². The molecule has 0 atom stereocenters. The monoisotopic (exact) mass is 2310 g/mol. The van der Waals surface area contributed by atoms with Gasteiger partial charge in [0.05, 0.1) is 86.2 Å². The Kier molecular flexibility index (Phi) is 59.0. The van der Waals surface area contributed by atoms with Gasteiger partial charge in [-0.1, -0.05) is 151 Å². The SMILES string of the molecule is C.CCN(CC)CC.CCO.CCOc1ccc(CN)cc1.CCOc1ccc(CNc2ncc(Br)cc2N)cc1.CCOc1ccc(CNc2ncc(Br)cc2[N+](=O)[O-])cc1.CCOc1ccc(Cn2cnc3cc(Br)cnc32)cc1.CCOc1ccc(Cn2cnc3cc(NCc4ccc(CC)cc4)cnc32)cc1.CCc1ccc(CN)cc1.O=[N+]([O-])c1cc(Br)cnc1Br.[Cl][Sn][Cl]. The quantitative estimate of drug-likeness (QED) is 0.00891. The zero-order valence-electron chi connectivity index (χ0n) is 77.2. The minimum atomic E-state index is -0.826. The molecule has 135 heavy (non-hydrogen) atoms. The van der Waals surface area contributed by atoms with Gasteiger partial charge < -0.3 is 76.0 Å². The first-order valence-corrected chi connectivity index (χ1v) is 54.6. The average Bonchev–Trinajstić information content (AvgIpc) is 1.66. The minimum absolute atomic E-state index is 0. The number of fused-ring (bicyclic) bond motifs is 2. The van der Waals surface area contributed by atoms with Crippen molar-refractivity contribution >= 4 is 173 Å². The van der Waals surface area contributed by atoms with Crippen LogP contribution in [0.25, 0.3) is 22.3 Å². The average molecular weight is 2310 g/mol. The molecule has 14 rings (SSSR count). The van der Waals surface area contributed by atoms with Crippen LogP contribution >= 0.6 is 97.5 Å². The van der Waals surface area contributed by atoms with Gasteiger partial charge in [-0.2, -0.15) is 0 Å². The fourth-order valence-electron chi connectivity index (χ4n) is 11.8. The number of imidazole rings is 2. The van der Waals surface area contributed by atoms with E-state index in [1.165, 1.54) is 77.5 Å². The van der Waals surface area contributed by atoms with Crippen LogP contribution in [0.2, 0.25) is 0 Å². The first-order chi connectivity index (χ1) is 64.8. The number of nitrogen functional groups attached to an aromatic ring is 1. The van der Waals surface area contributed by atoms with Gasteiger partial charge in [0.25, 0.3) is 0 Å². The first-order valence-electron chi connectivity index (χ1n) is 43.4. The zero-order valence-corrected chi connectivity index (χ0v) is 89.5. The molecule has 0 aliphatic rings. The molecule has 28 nitrogen and oxygen atoms in total. The van der Waals surface area contributed by atoms with Gasteiger partial charge in [0.15, 0.2) is 15.9 Å². The summed E-state index contributed by atoms with van der Waals surface area (Å²) in [5, 5.41) is 38.5. The van der Waals surface area contributed by atoms with Gasteiger partial charge in [-0.25, -0.2) is 34.9 Å². The molecule has 10 N–H and O–H groups in total. The van der Waals surface area contributed by atoms with Crippen LogP contribution in [0.4, 0.5) is 34.4 Å². The number of hydrogen-bond acceptors (Lipinski definition) is 24. The van der Waals surface area contributed by atoms with Crippen molar-refractivity contribution in [1.29, 1.82) is 0 Å². The topological polar surface area (TPSA) is 370 Å². The molecular formula is C99H123Br5Cl2N18O10Sn. The van der Waals surface area contributed by atoms with Crippen molar-refractivity contribution in [3.05, 3.63) is 337 Å². The molecule has 0 amide bonds. The molecule has 0 aliphatic carbocycles. The number of halogens is 7. The Bertz CT molecular complexity index is 5630. The van der Waals surface area contributed by atoms with E-state index in [1.54, 1.807) is 19.3 Å². The van der Waals surface area contributed by atoms with Crippen LogP contribution in [0.15, 0.2) is 266 Å². The Labute approximate surface area is 853 Å². The van der Waals surface area contributed by atoms with Crippen molar-refractivity contribution in [2.45, 2.75) is 142 Å². The Morgan fingerprint density at radius 1 is 0.400 bits per heavy atom. The second-order valence-corrected chi connectivity index (χ2v) is 36.8. The summed E-state index contributed by atoms with van der Waals surface area (Å²) in [7, 11) is 9.87. The summed E-state index contributed by atoms with van der Waals surface area (Å²) in [4.78, 5) is 52.6. The Hall–Kier alpha value is -10.2. The predicted molar refractivity (Wildman–Crippen MR) is 570 cm³/mol. The number of nitro groups is 2. The number of nitrogens with zero attached hydrogens (tertiary/aromatic N) is 12. The molecule has 722 valence electrons. The molecule has 7 aromatic heterocycles. The maximum absolute atomic E-state index is 11.0. The summed E-state index contributed by atoms with van der Waals surface area (Å²) >= 11 is 15.1. The van der Waals surface area contributed by atoms with E-state index >= 15 is 0 Å². The number of rotatable bonds is 32. The molecule has 7 heterocycles. The van der Waals surface area contributed by atoms with Crippen molar-refractivity contribution < 1.29 is 38.6 Å². The number of pyridine rings is 5. The fraction of sp³-hybridized carbons (Fsp3) is 0.303. The Morgan fingerprint density at radius 3 is 1.04 bits per heavy atom. The van der Waals surface area contributed by atoms with Crippen molar-refractivity contribution in [3.63, 3.8) is 0 Å². The zero-order chi connectivity index (χ0) is 98.0. The van der Waals surface area contributed by atoms with Gasteiger partial charge in [0.1, 0.15) is 45.6 Å². The van der Waals surface area contributed by atoms with Gasteiger partial charge in [0, 0.05) is 94.1 Å². The van der Waals surface area contributed by atoms with Crippen molar-refractivity contribution in [2.24, 2.45) is 11.5 Å². The molecule has 36 heteroatoms. The number of nitrogens with two attached hydrogens (primary N) is 3. The van der Waals surface area contributed by atoms with E-state index < -0.39 is 28.7 Å². The van der Waals surface area contributed by atoms with E-state index in [0.717, 1.165) is 115 Å².